The number of carbonyl (C=O) groups is 1. The average molecular weight is 470 g/mol. The van der Waals surface area contributed by atoms with Crippen LogP contribution in [0.3, 0.4) is 0 Å². The average Bonchev–Trinajstić information content (AvgIpc) is 2.89. The smallest absolute Gasteiger partial charge is 0.249 e. The lowest BCUT2D eigenvalue weighted by atomic mass is 9.82. The van der Waals surface area contributed by atoms with Crippen LogP contribution in [-0.2, 0) is 26.8 Å². The van der Waals surface area contributed by atoms with Gasteiger partial charge < -0.3 is 5.32 Å². The maximum absolute atomic E-state index is 13.5. The zero-order chi connectivity index (χ0) is 22.1. The van der Waals surface area contributed by atoms with Gasteiger partial charge in [0.1, 0.15) is 5.54 Å². The van der Waals surface area contributed by atoms with Gasteiger partial charge in [-0.2, -0.15) is 0 Å². The normalized spacial score (nSPS) is 18.7. The maximum atomic E-state index is 13.5. The van der Waals surface area contributed by atoms with Crippen molar-refractivity contribution in [1.82, 2.24) is 9.62 Å². The fourth-order valence-corrected chi connectivity index (χ4v) is 4.92. The van der Waals surface area contributed by atoms with Gasteiger partial charge in [0.25, 0.3) is 0 Å². The van der Waals surface area contributed by atoms with Crippen molar-refractivity contribution in [2.45, 2.75) is 31.8 Å². The highest BCUT2D eigenvalue weighted by Gasteiger charge is 2.51. The molecule has 0 aliphatic carbocycles. The summed E-state index contributed by atoms with van der Waals surface area (Å²) in [5.41, 5.74) is 1.35. The zero-order valence-electron chi connectivity index (χ0n) is 17.1. The molecule has 1 aliphatic rings. The number of carbonyl (C=O) groups excluding carboxylic acids is 1. The number of fused-ring (bicyclic) bond motifs is 1. The Balaban J connectivity index is 2.10. The fraction of sp³-hybridized carbons (Fsp3) is 0.381. The summed E-state index contributed by atoms with van der Waals surface area (Å²) in [6, 6.07) is 12.7. The Morgan fingerprint density at radius 1 is 1.13 bits per heavy atom. The number of hydrogen-bond donors (Lipinski definition) is 2. The zero-order valence-corrected chi connectivity index (χ0v) is 19.4. The third-order valence-electron chi connectivity index (χ3n) is 5.23. The second kappa shape index (κ2) is 8.85. The van der Waals surface area contributed by atoms with Crippen molar-refractivity contribution in [1.29, 1.82) is 0 Å². The number of benzene rings is 2. The molecule has 162 valence electrons. The molecule has 1 heterocycles. The highest BCUT2D eigenvalue weighted by atomic mass is 35.5. The number of amides is 1. The lowest BCUT2D eigenvalue weighted by molar-refractivity contribution is -0.129. The standard InChI is InChI=1S/C21H25Cl2N3O3S/c1-14(2)26(10-9-24-30(3,28)29)21(13-15-5-4-6-16(22)11-15)18-8-7-17(23)12-19(18)25-20(21)27/h4-8,11-12,14,24H,9-10,13H2,1-3H3,(H,25,27). The van der Waals surface area contributed by atoms with Crippen LogP contribution in [-0.4, -0.2) is 44.6 Å². The number of hydrogen-bond acceptors (Lipinski definition) is 4. The number of halogens is 2. The molecule has 0 saturated carbocycles. The van der Waals surface area contributed by atoms with Crippen LogP contribution in [0, 0.1) is 0 Å². The molecule has 0 fully saturated rings. The molecule has 0 aromatic heterocycles. The van der Waals surface area contributed by atoms with Gasteiger partial charge in [-0.1, -0.05) is 41.4 Å². The Morgan fingerprint density at radius 3 is 2.47 bits per heavy atom. The van der Waals surface area contributed by atoms with Crippen molar-refractivity contribution in [2.75, 3.05) is 24.7 Å². The van der Waals surface area contributed by atoms with Gasteiger partial charge in [-0.05, 0) is 43.7 Å². The minimum absolute atomic E-state index is 0.0436. The van der Waals surface area contributed by atoms with Gasteiger partial charge in [0.15, 0.2) is 0 Å². The van der Waals surface area contributed by atoms with E-state index in [0.717, 1.165) is 17.4 Å². The van der Waals surface area contributed by atoms with E-state index < -0.39 is 15.6 Å². The van der Waals surface area contributed by atoms with E-state index in [1.165, 1.54) is 0 Å². The third kappa shape index (κ3) is 4.81. The summed E-state index contributed by atoms with van der Waals surface area (Å²) in [6.45, 7) is 4.51. The van der Waals surface area contributed by atoms with Gasteiger partial charge in [-0.3, -0.25) is 9.69 Å². The molecule has 3 rings (SSSR count). The molecule has 0 bridgehead atoms. The van der Waals surface area contributed by atoms with Crippen LogP contribution in [0.5, 0.6) is 0 Å². The highest BCUT2D eigenvalue weighted by molar-refractivity contribution is 7.88. The van der Waals surface area contributed by atoms with Crippen LogP contribution >= 0.6 is 23.2 Å². The van der Waals surface area contributed by atoms with Crippen LogP contribution in [0.1, 0.15) is 25.0 Å². The molecular weight excluding hydrogens is 445 g/mol. The Labute approximate surface area is 187 Å². The predicted octanol–water partition coefficient (Wildman–Crippen LogP) is 3.64. The molecule has 2 aromatic rings. The fourth-order valence-electron chi connectivity index (χ4n) is 4.07. The highest BCUT2D eigenvalue weighted by Crippen LogP contribution is 2.44. The van der Waals surface area contributed by atoms with Crippen molar-refractivity contribution in [3.63, 3.8) is 0 Å². The van der Waals surface area contributed by atoms with Gasteiger partial charge in [0.2, 0.25) is 15.9 Å². The number of nitrogens with one attached hydrogen (secondary N) is 2. The van der Waals surface area contributed by atoms with Gasteiger partial charge >= 0.3 is 0 Å². The van der Waals surface area contributed by atoms with Crippen LogP contribution < -0.4 is 10.0 Å². The number of sulfonamides is 1. The SMILES string of the molecule is CC(C)N(CCNS(C)(=O)=O)C1(Cc2cccc(Cl)c2)C(=O)Nc2cc(Cl)ccc21. The second-order valence-electron chi connectivity index (χ2n) is 7.76. The summed E-state index contributed by atoms with van der Waals surface area (Å²) in [4.78, 5) is 15.5. The molecule has 1 atom stereocenters. The molecule has 1 unspecified atom stereocenters. The summed E-state index contributed by atoms with van der Waals surface area (Å²) < 4.78 is 25.7. The van der Waals surface area contributed by atoms with E-state index >= 15 is 0 Å². The van der Waals surface area contributed by atoms with Crippen molar-refractivity contribution >= 4 is 44.8 Å². The van der Waals surface area contributed by atoms with E-state index in [1.54, 1.807) is 18.2 Å². The summed E-state index contributed by atoms with van der Waals surface area (Å²) >= 11 is 12.4. The summed E-state index contributed by atoms with van der Waals surface area (Å²) in [7, 11) is -3.35. The quantitative estimate of drug-likeness (QED) is 0.618. The first-order chi connectivity index (χ1) is 14.0. The molecule has 0 saturated heterocycles. The molecule has 2 N–H and O–H groups in total. The minimum Gasteiger partial charge on any atom is -0.324 e. The van der Waals surface area contributed by atoms with Crippen LogP contribution in [0.15, 0.2) is 42.5 Å². The van der Waals surface area contributed by atoms with Crippen LogP contribution in [0.2, 0.25) is 10.0 Å². The van der Waals surface area contributed by atoms with Crippen LogP contribution in [0.25, 0.3) is 0 Å². The lowest BCUT2D eigenvalue weighted by Crippen LogP contribution is -2.57. The van der Waals surface area contributed by atoms with Gasteiger partial charge in [-0.25, -0.2) is 13.1 Å². The molecule has 2 aromatic carbocycles. The van der Waals surface area contributed by atoms with E-state index in [2.05, 4.69) is 10.0 Å². The van der Waals surface area contributed by atoms with Crippen molar-refractivity contribution in [3.8, 4) is 0 Å². The second-order valence-corrected chi connectivity index (χ2v) is 10.5. The molecule has 6 nitrogen and oxygen atoms in total. The molecule has 30 heavy (non-hydrogen) atoms. The number of rotatable bonds is 8. The first-order valence-electron chi connectivity index (χ1n) is 9.60. The predicted molar refractivity (Wildman–Crippen MR) is 122 cm³/mol. The Morgan fingerprint density at radius 2 is 1.83 bits per heavy atom. The van der Waals surface area contributed by atoms with Crippen LogP contribution in [0.4, 0.5) is 5.69 Å². The van der Waals surface area contributed by atoms with E-state index in [9.17, 15) is 13.2 Å². The summed E-state index contributed by atoms with van der Waals surface area (Å²) in [5, 5.41) is 4.09. The number of anilines is 1. The third-order valence-corrected chi connectivity index (χ3v) is 6.43. The van der Waals surface area contributed by atoms with Gasteiger partial charge in [0, 0.05) is 46.8 Å². The largest absolute Gasteiger partial charge is 0.324 e. The Hall–Kier alpha value is -1.64. The Kier molecular flexibility index (Phi) is 6.79. The molecule has 1 aliphatic heterocycles. The Bertz CT molecular complexity index is 1060. The molecule has 0 spiro atoms. The number of nitrogens with zero attached hydrogens (tertiary/aromatic N) is 1. The van der Waals surface area contributed by atoms with E-state index in [4.69, 9.17) is 23.2 Å². The molecule has 0 radical (unpaired) electrons. The topological polar surface area (TPSA) is 78.5 Å². The summed E-state index contributed by atoms with van der Waals surface area (Å²) in [6.07, 6.45) is 1.50. The molecular formula is C21H25Cl2N3O3S. The van der Waals surface area contributed by atoms with Crippen molar-refractivity contribution < 1.29 is 13.2 Å². The maximum Gasteiger partial charge on any atom is 0.249 e. The molecule has 9 heteroatoms. The van der Waals surface area contributed by atoms with Crippen molar-refractivity contribution in [3.05, 3.63) is 63.6 Å². The first kappa shape index (κ1) is 23.0. The van der Waals surface area contributed by atoms with Gasteiger partial charge in [-0.15, -0.1) is 0 Å². The van der Waals surface area contributed by atoms with Crippen molar-refractivity contribution in [2.24, 2.45) is 0 Å². The van der Waals surface area contributed by atoms with E-state index in [0.29, 0.717) is 28.7 Å². The molecule has 1 amide bonds. The summed E-state index contributed by atoms with van der Waals surface area (Å²) in [5.74, 6) is -0.173. The lowest BCUT2D eigenvalue weighted by Gasteiger charge is -2.42. The van der Waals surface area contributed by atoms with Gasteiger partial charge in [0.05, 0.1) is 6.26 Å². The minimum atomic E-state index is -3.35. The van der Waals surface area contributed by atoms with E-state index in [-0.39, 0.29) is 18.5 Å². The monoisotopic (exact) mass is 469 g/mol. The first-order valence-corrected chi connectivity index (χ1v) is 12.2. The van der Waals surface area contributed by atoms with E-state index in [1.807, 2.05) is 43.0 Å².